The predicted octanol–water partition coefficient (Wildman–Crippen LogP) is 5.38. The molecule has 4 heterocycles. The number of alkyl halides is 3. The Morgan fingerprint density at radius 3 is 2.30 bits per heavy atom. The molecular formula is C42H49ClF3N7O7. The van der Waals surface area contributed by atoms with Crippen molar-refractivity contribution in [2.45, 2.75) is 44.0 Å². The zero-order valence-corrected chi connectivity index (χ0v) is 33.9. The predicted molar refractivity (Wildman–Crippen MR) is 218 cm³/mol. The number of nitrogens with zero attached hydrogens (tertiary/aromatic N) is 5. The summed E-state index contributed by atoms with van der Waals surface area (Å²) < 4.78 is 58.4. The van der Waals surface area contributed by atoms with Crippen LogP contribution in [0, 0.1) is 0 Å². The number of hydrogen-bond donors (Lipinski definition) is 2. The molecule has 3 fully saturated rings. The summed E-state index contributed by atoms with van der Waals surface area (Å²) in [7, 11) is 0. The maximum Gasteiger partial charge on any atom is 0.418 e. The molecule has 3 aromatic carbocycles. The monoisotopic (exact) mass is 855 g/mol. The molecule has 3 N–H and O–H groups in total. The summed E-state index contributed by atoms with van der Waals surface area (Å²) in [5.41, 5.74) is 6.98. The highest BCUT2D eigenvalue weighted by atomic mass is 35.5. The van der Waals surface area contributed by atoms with Crippen LogP contribution >= 0.6 is 11.6 Å². The number of rotatable bonds is 10. The highest BCUT2D eigenvalue weighted by Crippen LogP contribution is 2.38. The van der Waals surface area contributed by atoms with Crippen LogP contribution in [0.5, 0.6) is 0 Å². The van der Waals surface area contributed by atoms with Crippen LogP contribution in [0.1, 0.15) is 39.9 Å². The van der Waals surface area contributed by atoms with Crippen molar-refractivity contribution in [2.24, 2.45) is 0 Å². The third kappa shape index (κ3) is 10.4. The van der Waals surface area contributed by atoms with E-state index in [4.69, 9.17) is 31.5 Å². The Morgan fingerprint density at radius 2 is 1.60 bits per heavy atom. The van der Waals surface area contributed by atoms with Gasteiger partial charge in [0.1, 0.15) is 6.61 Å². The smallest absolute Gasteiger partial charge is 0.418 e. The van der Waals surface area contributed by atoms with Crippen molar-refractivity contribution >= 4 is 52.7 Å². The molecule has 0 aromatic heterocycles. The highest BCUT2D eigenvalue weighted by Gasteiger charge is 2.38. The number of fused-ring (bicyclic) bond motifs is 1. The highest BCUT2D eigenvalue weighted by molar-refractivity contribution is 6.33. The molecule has 0 aliphatic carbocycles. The second-order valence-corrected chi connectivity index (χ2v) is 15.7. The Bertz CT molecular complexity index is 2020. The average Bonchev–Trinajstić information content (AvgIpc) is 3.42. The lowest BCUT2D eigenvalue weighted by atomic mass is 10.0. The summed E-state index contributed by atoms with van der Waals surface area (Å²) in [6.45, 7) is 6.13. The van der Waals surface area contributed by atoms with E-state index in [2.05, 4.69) is 10.2 Å². The summed E-state index contributed by atoms with van der Waals surface area (Å²) in [4.78, 5) is 62.6. The fourth-order valence-corrected chi connectivity index (χ4v) is 8.33. The number of esters is 1. The van der Waals surface area contributed by atoms with Gasteiger partial charge in [-0.3, -0.25) is 9.69 Å². The first-order chi connectivity index (χ1) is 28.8. The van der Waals surface area contributed by atoms with Crippen LogP contribution < -0.4 is 16.0 Å². The van der Waals surface area contributed by atoms with Crippen molar-refractivity contribution in [3.63, 3.8) is 0 Å². The first-order valence-electron chi connectivity index (χ1n) is 20.2. The van der Waals surface area contributed by atoms with E-state index >= 15 is 0 Å². The summed E-state index contributed by atoms with van der Waals surface area (Å²) in [6.07, 6.45) is -5.81. The van der Waals surface area contributed by atoms with Crippen LogP contribution in [0.3, 0.4) is 0 Å². The van der Waals surface area contributed by atoms with E-state index in [0.717, 1.165) is 36.1 Å². The molecular weight excluding hydrogens is 807 g/mol. The van der Waals surface area contributed by atoms with E-state index in [0.29, 0.717) is 64.2 Å². The number of piperidine rings is 1. The number of hydrogen-bond acceptors (Lipinski definition) is 10. The van der Waals surface area contributed by atoms with E-state index < -0.39 is 41.5 Å². The van der Waals surface area contributed by atoms with Gasteiger partial charge in [-0.25, -0.2) is 14.4 Å². The number of nitrogen functional groups attached to an aromatic ring is 1. The first-order valence-corrected chi connectivity index (χ1v) is 20.6. The van der Waals surface area contributed by atoms with Gasteiger partial charge in [-0.05, 0) is 72.9 Å². The second kappa shape index (κ2) is 19.0. The molecule has 322 valence electrons. The number of urea groups is 1. The molecule has 3 saturated heterocycles. The average molecular weight is 856 g/mol. The van der Waals surface area contributed by atoms with Crippen molar-refractivity contribution in [2.75, 3.05) is 101 Å². The lowest BCUT2D eigenvalue weighted by Gasteiger charge is -2.39. The number of benzene rings is 3. The van der Waals surface area contributed by atoms with Gasteiger partial charge in [0.25, 0.3) is 5.91 Å². The zero-order chi connectivity index (χ0) is 42.4. The van der Waals surface area contributed by atoms with Gasteiger partial charge in [-0.2, -0.15) is 13.2 Å². The molecule has 0 spiro atoms. The fourth-order valence-electron chi connectivity index (χ4n) is 8.09. The molecule has 4 aliphatic heterocycles. The molecule has 3 aromatic rings. The van der Waals surface area contributed by atoms with E-state index in [9.17, 15) is 32.3 Å². The van der Waals surface area contributed by atoms with Crippen LogP contribution in [0.15, 0.2) is 60.7 Å². The number of piperazine rings is 1. The van der Waals surface area contributed by atoms with Gasteiger partial charge >= 0.3 is 24.3 Å². The van der Waals surface area contributed by atoms with E-state index in [1.54, 1.807) is 17.0 Å². The molecule has 0 unspecified atom stereocenters. The summed E-state index contributed by atoms with van der Waals surface area (Å²) in [5, 5.41) is 2.65. The van der Waals surface area contributed by atoms with E-state index in [1.165, 1.54) is 15.9 Å². The van der Waals surface area contributed by atoms with E-state index in [-0.39, 0.29) is 61.9 Å². The van der Waals surface area contributed by atoms with Crippen LogP contribution in [0.2, 0.25) is 5.02 Å². The summed E-state index contributed by atoms with van der Waals surface area (Å²) in [5.74, 6) is -0.980. The molecule has 4 amide bonds. The molecule has 0 saturated carbocycles. The summed E-state index contributed by atoms with van der Waals surface area (Å²) >= 11 is 6.14. The minimum atomic E-state index is -4.81. The number of likely N-dealkylation sites (tertiary alicyclic amines) is 1. The Labute approximate surface area is 351 Å². The van der Waals surface area contributed by atoms with Gasteiger partial charge in [0.2, 0.25) is 0 Å². The maximum atomic E-state index is 14.1. The number of nitrogens with one attached hydrogen (secondary N) is 1. The van der Waals surface area contributed by atoms with E-state index in [1.807, 2.05) is 41.3 Å². The van der Waals surface area contributed by atoms with Crippen LogP contribution in [-0.4, -0.2) is 141 Å². The zero-order valence-electron chi connectivity index (χ0n) is 33.1. The fraction of sp³-hybridized carbons (Fsp3) is 0.476. The Kier molecular flexibility index (Phi) is 13.6. The topological polar surface area (TPSA) is 150 Å². The quantitative estimate of drug-likeness (QED) is 0.201. The van der Waals surface area contributed by atoms with Gasteiger partial charge in [0.05, 0.1) is 35.1 Å². The molecule has 0 bridgehead atoms. The molecule has 7 rings (SSSR count). The van der Waals surface area contributed by atoms with Crippen LogP contribution in [0.4, 0.5) is 39.8 Å². The number of morpholine rings is 1. The van der Waals surface area contributed by atoms with Crippen molar-refractivity contribution < 1.29 is 46.6 Å². The molecule has 0 radical (unpaired) electrons. The number of nitrogens with two attached hydrogens (primary N) is 1. The molecule has 1 atom stereocenters. The third-order valence-corrected chi connectivity index (χ3v) is 11.9. The number of carbonyl (C=O) groups excluding carboxylic acids is 4. The van der Waals surface area contributed by atoms with Crippen molar-refractivity contribution in [3.8, 4) is 0 Å². The number of anilines is 3. The maximum absolute atomic E-state index is 14.1. The van der Waals surface area contributed by atoms with Crippen LogP contribution in [0.25, 0.3) is 0 Å². The number of halogens is 4. The Hall–Kier alpha value is -5.26. The standard InChI is InChI=1S/C42H49ClF3N7O7/c43-34-26-28(25-33(37(34)47)42(44,45)46)27-36(60-41(57)52-12-10-32(11-13-52)53-14-9-29-3-1-2-4-35(29)48-40(53)56)38(54)51-17-15-50(16-18-51)31-7-5-30(6-8-31)39(55)59-24-21-49-19-22-58-23-20-49/h1-8,25-26,32,36H,9-24,27,47H2,(H,48,56)/t36-/m1/s1. The lowest BCUT2D eigenvalue weighted by Crippen LogP contribution is -2.54. The number of amides is 4. The molecule has 4 aliphatic rings. The van der Waals surface area contributed by atoms with Gasteiger partial charge in [-0.1, -0.05) is 29.8 Å². The Morgan fingerprint density at radius 1 is 0.900 bits per heavy atom. The molecule has 18 heteroatoms. The summed E-state index contributed by atoms with van der Waals surface area (Å²) in [6, 6.07) is 16.4. The van der Waals surface area contributed by atoms with Gasteiger partial charge in [0.15, 0.2) is 6.10 Å². The number of para-hydroxylation sites is 1. The lowest BCUT2D eigenvalue weighted by molar-refractivity contribution is -0.141. The van der Waals surface area contributed by atoms with Crippen molar-refractivity contribution in [3.05, 3.63) is 87.9 Å². The SMILES string of the molecule is Nc1c(Cl)cc(C[C@@H](OC(=O)N2CCC(N3CCc4ccccc4NC3=O)CC2)C(=O)N2CCN(c3ccc(C(=O)OCCN4CCOCC4)cc3)CC2)cc1C(F)(F)F. The first kappa shape index (κ1) is 42.8. The Balaban J connectivity index is 0.972. The number of ether oxygens (including phenoxy) is 3. The second-order valence-electron chi connectivity index (χ2n) is 15.3. The normalized spacial score (nSPS) is 18.6. The van der Waals surface area contributed by atoms with Gasteiger partial charge < -0.3 is 44.9 Å². The van der Waals surface area contributed by atoms with Crippen molar-refractivity contribution in [1.82, 2.24) is 19.6 Å². The van der Waals surface area contributed by atoms with Crippen LogP contribution in [-0.2, 0) is 38.0 Å². The minimum absolute atomic E-state index is 0.0258. The van der Waals surface area contributed by atoms with Gasteiger partial charge in [0, 0.05) is 89.3 Å². The minimum Gasteiger partial charge on any atom is -0.461 e. The number of carbonyl (C=O) groups is 4. The largest absolute Gasteiger partial charge is 0.461 e. The molecule has 60 heavy (non-hydrogen) atoms. The van der Waals surface area contributed by atoms with Crippen molar-refractivity contribution in [1.29, 1.82) is 0 Å². The van der Waals surface area contributed by atoms with Gasteiger partial charge in [-0.15, -0.1) is 0 Å². The molecule has 14 nitrogen and oxygen atoms in total. The third-order valence-electron chi connectivity index (χ3n) is 11.5.